The first-order valence-corrected chi connectivity index (χ1v) is 9.70. The highest BCUT2D eigenvalue weighted by atomic mass is 16.5. The smallest absolute Gasteiger partial charge is 0.287 e. The lowest BCUT2D eigenvalue weighted by molar-refractivity contribution is 0.0884. The molecule has 6 nitrogen and oxygen atoms in total. The Morgan fingerprint density at radius 1 is 1.15 bits per heavy atom. The number of benzene rings is 1. The molecule has 3 heterocycles. The van der Waals surface area contributed by atoms with Gasteiger partial charge in [-0.05, 0) is 43.7 Å². The van der Waals surface area contributed by atoms with Gasteiger partial charge >= 0.3 is 0 Å². The number of carbonyl (C=O) groups is 1. The zero-order valence-corrected chi connectivity index (χ0v) is 15.8. The number of nitrogens with one attached hydrogen (secondary N) is 1. The summed E-state index contributed by atoms with van der Waals surface area (Å²) < 4.78 is 11.7. The Morgan fingerprint density at radius 3 is 2.81 bits per heavy atom. The molecular weight excluding hydrogens is 342 g/mol. The second-order valence-electron chi connectivity index (χ2n) is 7.44. The first-order valence-electron chi connectivity index (χ1n) is 9.70. The largest absolute Gasteiger partial charge is 0.488 e. The number of hydrogen-bond donors (Lipinski definition) is 1. The molecule has 27 heavy (non-hydrogen) atoms. The van der Waals surface area contributed by atoms with E-state index in [1.54, 1.807) is 6.07 Å². The van der Waals surface area contributed by atoms with Crippen LogP contribution in [0.1, 0.15) is 28.3 Å². The zero-order chi connectivity index (χ0) is 18.6. The van der Waals surface area contributed by atoms with Crippen molar-refractivity contribution in [2.45, 2.75) is 25.5 Å². The maximum atomic E-state index is 12.4. The molecular formula is C21H27N3O3. The Bertz CT molecular complexity index is 780. The van der Waals surface area contributed by atoms with Gasteiger partial charge in [0.05, 0.1) is 13.1 Å². The van der Waals surface area contributed by atoms with Gasteiger partial charge in [-0.2, -0.15) is 0 Å². The van der Waals surface area contributed by atoms with Gasteiger partial charge in [0.25, 0.3) is 5.91 Å². The van der Waals surface area contributed by atoms with Crippen molar-refractivity contribution in [1.29, 1.82) is 0 Å². The predicted molar refractivity (Wildman–Crippen MR) is 103 cm³/mol. The Hall–Kier alpha value is -2.31. The number of furan rings is 1. The number of carbonyl (C=O) groups excluding carboxylic acids is 1. The summed E-state index contributed by atoms with van der Waals surface area (Å²) in [6, 6.07) is 11.7. The van der Waals surface area contributed by atoms with Crippen LogP contribution in [0, 0.1) is 0 Å². The molecule has 1 N–H and O–H groups in total. The van der Waals surface area contributed by atoms with Crippen molar-refractivity contribution in [3.8, 4) is 5.75 Å². The van der Waals surface area contributed by atoms with Gasteiger partial charge in [0.2, 0.25) is 0 Å². The molecule has 0 spiro atoms. The fourth-order valence-electron chi connectivity index (χ4n) is 3.63. The van der Waals surface area contributed by atoms with E-state index in [2.05, 4.69) is 28.2 Å². The van der Waals surface area contributed by atoms with Crippen LogP contribution in [-0.4, -0.2) is 61.6 Å². The molecule has 6 heteroatoms. The number of piperazine rings is 1. The van der Waals surface area contributed by atoms with Crippen LogP contribution in [0.2, 0.25) is 0 Å². The van der Waals surface area contributed by atoms with Crippen LogP contribution in [0.15, 0.2) is 40.8 Å². The molecule has 0 bridgehead atoms. The van der Waals surface area contributed by atoms with E-state index in [0.717, 1.165) is 57.1 Å². The molecule has 2 aliphatic heterocycles. The summed E-state index contributed by atoms with van der Waals surface area (Å²) in [6.07, 6.45) is 1.89. The molecule has 1 amide bonds. The maximum absolute atomic E-state index is 12.4. The molecule has 1 atom stereocenters. The lowest BCUT2D eigenvalue weighted by atomic mass is 10.0. The fourth-order valence-corrected chi connectivity index (χ4v) is 3.63. The molecule has 2 aliphatic rings. The Labute approximate surface area is 160 Å². The minimum Gasteiger partial charge on any atom is -0.488 e. The second kappa shape index (κ2) is 8.15. The molecule has 1 saturated heterocycles. The average molecular weight is 369 g/mol. The highest BCUT2D eigenvalue weighted by molar-refractivity contribution is 5.91. The third kappa shape index (κ3) is 4.51. The molecule has 1 fully saturated rings. The van der Waals surface area contributed by atoms with Crippen LogP contribution in [0.4, 0.5) is 0 Å². The van der Waals surface area contributed by atoms with Crippen LogP contribution in [-0.2, 0) is 13.0 Å². The predicted octanol–water partition coefficient (Wildman–Crippen LogP) is 2.15. The average Bonchev–Trinajstić information content (AvgIpc) is 3.16. The third-order valence-corrected chi connectivity index (χ3v) is 5.35. The number of ether oxygens (including phenoxy) is 1. The molecule has 4 rings (SSSR count). The summed E-state index contributed by atoms with van der Waals surface area (Å²) in [7, 11) is 2.14. The number of para-hydroxylation sites is 1. The van der Waals surface area contributed by atoms with E-state index in [1.165, 1.54) is 5.56 Å². The van der Waals surface area contributed by atoms with E-state index in [-0.39, 0.29) is 12.0 Å². The molecule has 0 saturated carbocycles. The molecule has 0 aliphatic carbocycles. The molecule has 144 valence electrons. The van der Waals surface area contributed by atoms with E-state index in [1.807, 2.05) is 24.3 Å². The van der Waals surface area contributed by atoms with Gasteiger partial charge in [-0.1, -0.05) is 18.2 Å². The minimum absolute atomic E-state index is 0.00335. The van der Waals surface area contributed by atoms with Crippen molar-refractivity contribution in [3.05, 3.63) is 53.5 Å². The number of rotatable bonds is 5. The van der Waals surface area contributed by atoms with Crippen molar-refractivity contribution >= 4 is 5.91 Å². The highest BCUT2D eigenvalue weighted by Crippen LogP contribution is 2.26. The first-order chi connectivity index (χ1) is 13.2. The van der Waals surface area contributed by atoms with Gasteiger partial charge < -0.3 is 19.4 Å². The standard InChI is InChI=1S/C21H27N3O3/c1-23-10-12-24(13-11-23)15-18-8-9-20(27-18)21(25)22-14-17-7-6-16-4-2-3-5-19(16)26-17/h2-5,8-9,17H,6-7,10-15H2,1H3,(H,22,25)/t17-/m1/s1. The number of nitrogens with zero attached hydrogens (tertiary/aromatic N) is 2. The summed E-state index contributed by atoms with van der Waals surface area (Å²) in [5.74, 6) is 1.96. The van der Waals surface area contributed by atoms with Gasteiger partial charge in [0, 0.05) is 26.2 Å². The molecule has 0 radical (unpaired) electrons. The lowest BCUT2D eigenvalue weighted by Crippen LogP contribution is -2.43. The van der Waals surface area contributed by atoms with Gasteiger partial charge in [-0.25, -0.2) is 0 Å². The molecule has 1 aromatic carbocycles. The van der Waals surface area contributed by atoms with Gasteiger partial charge in [0.1, 0.15) is 17.6 Å². The Morgan fingerprint density at radius 2 is 1.96 bits per heavy atom. The number of fused-ring (bicyclic) bond motifs is 1. The van der Waals surface area contributed by atoms with Gasteiger partial charge in [-0.3, -0.25) is 9.69 Å². The van der Waals surface area contributed by atoms with E-state index >= 15 is 0 Å². The number of amides is 1. The Balaban J connectivity index is 1.26. The van der Waals surface area contributed by atoms with Crippen molar-refractivity contribution in [2.75, 3.05) is 39.8 Å². The van der Waals surface area contributed by atoms with Crippen LogP contribution in [0.25, 0.3) is 0 Å². The van der Waals surface area contributed by atoms with E-state index in [4.69, 9.17) is 9.15 Å². The summed E-state index contributed by atoms with van der Waals surface area (Å²) >= 11 is 0. The van der Waals surface area contributed by atoms with E-state index < -0.39 is 0 Å². The van der Waals surface area contributed by atoms with Crippen molar-refractivity contribution < 1.29 is 13.9 Å². The minimum atomic E-state index is -0.179. The quantitative estimate of drug-likeness (QED) is 0.875. The summed E-state index contributed by atoms with van der Waals surface area (Å²) in [4.78, 5) is 17.1. The molecule has 2 aromatic rings. The summed E-state index contributed by atoms with van der Waals surface area (Å²) in [5, 5.41) is 2.94. The fraction of sp³-hybridized carbons (Fsp3) is 0.476. The van der Waals surface area contributed by atoms with Crippen LogP contribution >= 0.6 is 0 Å². The van der Waals surface area contributed by atoms with Crippen molar-refractivity contribution in [2.24, 2.45) is 0 Å². The van der Waals surface area contributed by atoms with Crippen molar-refractivity contribution in [1.82, 2.24) is 15.1 Å². The highest BCUT2D eigenvalue weighted by Gasteiger charge is 2.21. The van der Waals surface area contributed by atoms with Gasteiger partial charge in [0.15, 0.2) is 5.76 Å². The lowest BCUT2D eigenvalue weighted by Gasteiger charge is -2.31. The van der Waals surface area contributed by atoms with Crippen LogP contribution in [0.3, 0.4) is 0 Å². The Kier molecular flexibility index (Phi) is 5.45. The van der Waals surface area contributed by atoms with Crippen molar-refractivity contribution in [3.63, 3.8) is 0 Å². The van der Waals surface area contributed by atoms with Crippen LogP contribution in [0.5, 0.6) is 5.75 Å². The van der Waals surface area contributed by atoms with E-state index in [9.17, 15) is 4.79 Å². The van der Waals surface area contributed by atoms with E-state index in [0.29, 0.717) is 12.3 Å². The normalized spacial score (nSPS) is 20.7. The SMILES string of the molecule is CN1CCN(Cc2ccc(C(=O)NC[C@H]3CCc4ccccc4O3)o2)CC1. The number of hydrogen-bond acceptors (Lipinski definition) is 5. The number of likely N-dealkylation sites (N-methyl/N-ethyl adjacent to an activating group) is 1. The number of aryl methyl sites for hydroxylation is 1. The summed E-state index contributed by atoms with van der Waals surface area (Å²) in [5.41, 5.74) is 1.24. The third-order valence-electron chi connectivity index (χ3n) is 5.35. The zero-order valence-electron chi connectivity index (χ0n) is 15.8. The molecule has 1 aromatic heterocycles. The topological polar surface area (TPSA) is 58.0 Å². The second-order valence-corrected chi connectivity index (χ2v) is 7.44. The maximum Gasteiger partial charge on any atom is 0.287 e. The van der Waals surface area contributed by atoms with Crippen LogP contribution < -0.4 is 10.1 Å². The summed E-state index contributed by atoms with van der Waals surface area (Å²) in [6.45, 7) is 5.43. The molecule has 0 unspecified atom stereocenters. The monoisotopic (exact) mass is 369 g/mol. The van der Waals surface area contributed by atoms with Gasteiger partial charge in [-0.15, -0.1) is 0 Å². The first kappa shape index (κ1) is 18.1.